The second kappa shape index (κ2) is 10.8. The number of nitrogens with one attached hydrogen (secondary N) is 1. The van der Waals surface area contributed by atoms with E-state index < -0.39 is 10.0 Å². The van der Waals surface area contributed by atoms with Gasteiger partial charge in [0.05, 0.1) is 23.4 Å². The molecule has 2 aromatic carbocycles. The number of sulfonamides is 1. The van der Waals surface area contributed by atoms with Gasteiger partial charge in [0.1, 0.15) is 5.75 Å². The molecule has 1 N–H and O–H groups in total. The van der Waals surface area contributed by atoms with Crippen molar-refractivity contribution < 1.29 is 22.4 Å². The molecule has 1 aromatic heterocycles. The topological polar surface area (TPSA) is 115 Å². The van der Waals surface area contributed by atoms with Crippen LogP contribution in [0.2, 0.25) is 0 Å². The van der Waals surface area contributed by atoms with Crippen molar-refractivity contribution in [3.63, 3.8) is 0 Å². The number of rotatable bonds is 10. The number of hydrogen-bond acceptors (Lipinski definition) is 8. The average molecular weight is 491 g/mol. The summed E-state index contributed by atoms with van der Waals surface area (Å²) in [5.74, 6) is 0.541. The van der Waals surface area contributed by atoms with Gasteiger partial charge in [0.15, 0.2) is 0 Å². The molecule has 0 aliphatic heterocycles. The van der Waals surface area contributed by atoms with Crippen LogP contribution >= 0.6 is 11.8 Å². The fourth-order valence-electron chi connectivity index (χ4n) is 3.12. The van der Waals surface area contributed by atoms with Gasteiger partial charge >= 0.3 is 0 Å². The lowest BCUT2D eigenvalue weighted by molar-refractivity contribution is -0.113. The highest BCUT2D eigenvalue weighted by molar-refractivity contribution is 7.99. The summed E-state index contributed by atoms with van der Waals surface area (Å²) in [5.41, 5.74) is 2.06. The predicted octanol–water partition coefficient (Wildman–Crippen LogP) is 3.81. The van der Waals surface area contributed by atoms with Crippen LogP contribution in [0.1, 0.15) is 19.4 Å². The Hall–Kier alpha value is -2.89. The van der Waals surface area contributed by atoms with Crippen LogP contribution in [0.15, 0.2) is 57.0 Å². The van der Waals surface area contributed by atoms with Gasteiger partial charge in [-0.3, -0.25) is 4.79 Å². The number of thioether (sulfide) groups is 1. The third kappa shape index (κ3) is 5.92. The predicted molar refractivity (Wildman–Crippen MR) is 127 cm³/mol. The fraction of sp³-hybridized carbons (Fsp3) is 0.318. The summed E-state index contributed by atoms with van der Waals surface area (Å²) in [6, 6.07) is 11.9. The Morgan fingerprint density at radius 2 is 1.91 bits per heavy atom. The number of methoxy groups -OCH3 is 1. The monoisotopic (exact) mass is 490 g/mol. The van der Waals surface area contributed by atoms with E-state index in [4.69, 9.17) is 9.15 Å². The molecular formula is C22H26N4O5S2. The van der Waals surface area contributed by atoms with Gasteiger partial charge in [0.25, 0.3) is 5.22 Å². The maximum Gasteiger partial charge on any atom is 0.277 e. The second-order valence-corrected chi connectivity index (χ2v) is 9.90. The Bertz CT molecular complexity index is 1220. The first-order chi connectivity index (χ1) is 15.8. The molecule has 0 saturated carbocycles. The fourth-order valence-corrected chi connectivity index (χ4v) is 5.19. The summed E-state index contributed by atoms with van der Waals surface area (Å²) < 4.78 is 37.8. The summed E-state index contributed by atoms with van der Waals surface area (Å²) in [6.45, 7) is 6.25. The zero-order valence-electron chi connectivity index (χ0n) is 18.9. The molecule has 3 aromatic rings. The van der Waals surface area contributed by atoms with E-state index in [1.807, 2.05) is 19.1 Å². The molecule has 0 atom stereocenters. The number of nitrogens with zero attached hydrogens (tertiary/aromatic N) is 3. The lowest BCUT2D eigenvalue weighted by Gasteiger charge is -2.18. The van der Waals surface area contributed by atoms with Crippen molar-refractivity contribution in [2.24, 2.45) is 0 Å². The maximum atomic E-state index is 12.8. The smallest absolute Gasteiger partial charge is 0.277 e. The van der Waals surface area contributed by atoms with Crippen LogP contribution in [0.3, 0.4) is 0 Å². The number of ether oxygens (including phenoxy) is 1. The number of benzene rings is 2. The molecule has 1 heterocycles. The number of hydrogen-bond donors (Lipinski definition) is 1. The van der Waals surface area contributed by atoms with E-state index in [1.54, 1.807) is 32.0 Å². The van der Waals surface area contributed by atoms with Gasteiger partial charge in [-0.1, -0.05) is 37.7 Å². The number of carbonyl (C=O) groups excluding carboxylic acids is 1. The van der Waals surface area contributed by atoms with Crippen molar-refractivity contribution in [2.45, 2.75) is 30.9 Å². The summed E-state index contributed by atoms with van der Waals surface area (Å²) in [6.07, 6.45) is 0. The van der Waals surface area contributed by atoms with Gasteiger partial charge in [-0.2, -0.15) is 4.31 Å². The maximum absolute atomic E-state index is 12.8. The zero-order valence-corrected chi connectivity index (χ0v) is 20.5. The largest absolute Gasteiger partial charge is 0.495 e. The van der Waals surface area contributed by atoms with E-state index in [0.29, 0.717) is 30.1 Å². The van der Waals surface area contributed by atoms with Gasteiger partial charge in [-0.25, -0.2) is 8.42 Å². The Labute approximate surface area is 197 Å². The number of aromatic nitrogens is 2. The molecule has 0 bridgehead atoms. The molecule has 0 saturated heterocycles. The van der Waals surface area contributed by atoms with Crippen LogP contribution in [0, 0.1) is 6.92 Å². The average Bonchev–Trinajstić information content (AvgIpc) is 3.28. The second-order valence-electron chi connectivity index (χ2n) is 7.03. The highest BCUT2D eigenvalue weighted by Crippen LogP contribution is 2.28. The molecule has 1 amide bonds. The van der Waals surface area contributed by atoms with E-state index in [1.165, 1.54) is 23.5 Å². The van der Waals surface area contributed by atoms with E-state index >= 15 is 0 Å². The van der Waals surface area contributed by atoms with Gasteiger partial charge < -0.3 is 14.5 Å². The minimum absolute atomic E-state index is 0.0507. The Morgan fingerprint density at radius 1 is 1.15 bits per heavy atom. The van der Waals surface area contributed by atoms with Gasteiger partial charge in [-0.15, -0.1) is 10.2 Å². The molecule has 0 spiro atoms. The van der Waals surface area contributed by atoms with Crippen molar-refractivity contribution >= 4 is 33.4 Å². The summed E-state index contributed by atoms with van der Waals surface area (Å²) >= 11 is 1.08. The number of amides is 1. The number of carbonyl (C=O) groups is 1. The van der Waals surface area contributed by atoms with Gasteiger partial charge in [-0.05, 0) is 42.8 Å². The summed E-state index contributed by atoms with van der Waals surface area (Å²) in [4.78, 5) is 12.5. The zero-order chi connectivity index (χ0) is 24.0. The van der Waals surface area contributed by atoms with Crippen molar-refractivity contribution in [3.8, 4) is 17.2 Å². The minimum atomic E-state index is -3.61. The lowest BCUT2D eigenvalue weighted by atomic mass is 10.2. The Balaban J connectivity index is 1.68. The molecule has 3 rings (SSSR count). The molecule has 0 aliphatic rings. The normalized spacial score (nSPS) is 11.5. The van der Waals surface area contributed by atoms with Crippen LogP contribution in [-0.2, 0) is 14.8 Å². The molecule has 0 radical (unpaired) electrons. The Kier molecular flexibility index (Phi) is 8.11. The van der Waals surface area contributed by atoms with Crippen molar-refractivity contribution in [1.29, 1.82) is 0 Å². The first kappa shape index (κ1) is 24.7. The van der Waals surface area contributed by atoms with Crippen molar-refractivity contribution in [1.82, 2.24) is 14.5 Å². The van der Waals surface area contributed by atoms with Crippen LogP contribution < -0.4 is 10.1 Å². The lowest BCUT2D eigenvalue weighted by Crippen LogP contribution is -2.30. The van der Waals surface area contributed by atoms with Gasteiger partial charge in [0, 0.05) is 18.7 Å². The van der Waals surface area contributed by atoms with Crippen molar-refractivity contribution in [3.05, 3.63) is 48.0 Å². The standard InChI is InChI=1S/C22H26N4O5S2/c1-5-26(6-2)33(28,29)17-9-7-8-16(13-17)21-24-25-22(31-21)32-14-20(27)23-18-12-15(3)10-11-19(18)30-4/h7-13H,5-6,14H2,1-4H3,(H,23,27). The Morgan fingerprint density at radius 3 is 2.61 bits per heavy atom. The molecule has 0 aliphatic carbocycles. The molecule has 0 fully saturated rings. The quantitative estimate of drug-likeness (QED) is 0.427. The molecule has 11 heteroatoms. The van der Waals surface area contributed by atoms with Crippen LogP contribution in [-0.4, -0.2) is 54.8 Å². The third-order valence-corrected chi connectivity index (χ3v) is 7.65. The van der Waals surface area contributed by atoms with Crippen LogP contribution in [0.4, 0.5) is 5.69 Å². The van der Waals surface area contributed by atoms with Crippen molar-refractivity contribution in [2.75, 3.05) is 31.3 Å². The molecule has 9 nitrogen and oxygen atoms in total. The van der Waals surface area contributed by atoms with E-state index in [9.17, 15) is 13.2 Å². The van der Waals surface area contributed by atoms with E-state index in [0.717, 1.165) is 17.3 Å². The van der Waals surface area contributed by atoms with E-state index in [-0.39, 0.29) is 27.7 Å². The molecule has 33 heavy (non-hydrogen) atoms. The molecule has 176 valence electrons. The SMILES string of the molecule is CCN(CC)S(=O)(=O)c1cccc(-c2nnc(SCC(=O)Nc3cc(C)ccc3OC)o2)c1. The highest BCUT2D eigenvalue weighted by Gasteiger charge is 2.22. The third-order valence-electron chi connectivity index (χ3n) is 4.79. The first-order valence-corrected chi connectivity index (χ1v) is 12.7. The number of anilines is 1. The summed E-state index contributed by atoms with van der Waals surface area (Å²) in [5, 5.41) is 11.0. The van der Waals surface area contributed by atoms with Gasteiger partial charge in [0.2, 0.25) is 21.8 Å². The molecule has 0 unspecified atom stereocenters. The highest BCUT2D eigenvalue weighted by atomic mass is 32.2. The van der Waals surface area contributed by atoms with Crippen LogP contribution in [0.25, 0.3) is 11.5 Å². The van der Waals surface area contributed by atoms with E-state index in [2.05, 4.69) is 15.5 Å². The summed E-state index contributed by atoms with van der Waals surface area (Å²) in [7, 11) is -2.07. The molecular weight excluding hydrogens is 464 g/mol. The minimum Gasteiger partial charge on any atom is -0.495 e. The first-order valence-electron chi connectivity index (χ1n) is 10.3. The number of aryl methyl sites for hydroxylation is 1. The van der Waals surface area contributed by atoms with Crippen LogP contribution in [0.5, 0.6) is 5.75 Å².